The normalized spacial score (nSPS) is 14.6. The first-order valence-corrected chi connectivity index (χ1v) is 9.17. The maximum Gasteiger partial charge on any atom is 0.256 e. The number of likely N-dealkylation sites (tertiary alicyclic amines) is 1. The number of piperidine rings is 1. The summed E-state index contributed by atoms with van der Waals surface area (Å²) in [6, 6.07) is 11.2. The fraction of sp³-hybridized carbons (Fsp3) is 0.250. The fourth-order valence-electron chi connectivity index (χ4n) is 3.32. The number of aromatic amines is 1. The van der Waals surface area contributed by atoms with Gasteiger partial charge in [0.1, 0.15) is 0 Å². The van der Waals surface area contributed by atoms with Gasteiger partial charge in [-0.2, -0.15) is 0 Å². The van der Waals surface area contributed by atoms with E-state index in [-0.39, 0.29) is 17.4 Å². The Hall–Kier alpha value is -3.55. The minimum absolute atomic E-state index is 0.0800. The molecule has 28 heavy (non-hydrogen) atoms. The van der Waals surface area contributed by atoms with Gasteiger partial charge >= 0.3 is 0 Å². The Balaban J connectivity index is 1.36. The van der Waals surface area contributed by atoms with Gasteiger partial charge in [-0.3, -0.25) is 9.59 Å². The minimum Gasteiger partial charge on any atom is -0.339 e. The van der Waals surface area contributed by atoms with Gasteiger partial charge in [-0.05, 0) is 25.0 Å². The summed E-state index contributed by atoms with van der Waals surface area (Å²) in [6.45, 7) is 1.23. The molecule has 2 aromatic heterocycles. The number of para-hydroxylation sites is 1. The van der Waals surface area contributed by atoms with Crippen LogP contribution in [0.4, 0.5) is 11.6 Å². The van der Waals surface area contributed by atoms with E-state index < -0.39 is 0 Å². The molecule has 0 aliphatic carbocycles. The highest BCUT2D eigenvalue weighted by Gasteiger charge is 2.25. The summed E-state index contributed by atoms with van der Waals surface area (Å²) in [5, 5.41) is 3.10. The van der Waals surface area contributed by atoms with Crippen molar-refractivity contribution in [2.75, 3.05) is 18.4 Å². The average Bonchev–Trinajstić information content (AvgIpc) is 2.75. The van der Waals surface area contributed by atoms with Gasteiger partial charge in [-0.25, -0.2) is 15.0 Å². The van der Waals surface area contributed by atoms with Gasteiger partial charge in [0.05, 0.1) is 17.6 Å². The van der Waals surface area contributed by atoms with Crippen molar-refractivity contribution in [3.05, 3.63) is 76.7 Å². The van der Waals surface area contributed by atoms with Gasteiger partial charge in [0.15, 0.2) is 0 Å². The highest BCUT2D eigenvalue weighted by Crippen LogP contribution is 2.26. The van der Waals surface area contributed by atoms with E-state index in [1.165, 1.54) is 12.4 Å². The first-order chi connectivity index (χ1) is 13.7. The Kier molecular flexibility index (Phi) is 5.09. The van der Waals surface area contributed by atoms with Crippen LogP contribution in [0.15, 0.2) is 59.9 Å². The summed E-state index contributed by atoms with van der Waals surface area (Å²) >= 11 is 0. The lowest BCUT2D eigenvalue weighted by Gasteiger charge is -2.31. The summed E-state index contributed by atoms with van der Waals surface area (Å²) in [7, 11) is 0. The van der Waals surface area contributed by atoms with E-state index in [4.69, 9.17) is 0 Å². The third-order valence-corrected chi connectivity index (χ3v) is 4.83. The van der Waals surface area contributed by atoms with Crippen LogP contribution in [0.25, 0.3) is 0 Å². The van der Waals surface area contributed by atoms with Crippen LogP contribution in [0.1, 0.15) is 34.8 Å². The first-order valence-electron chi connectivity index (χ1n) is 9.17. The lowest BCUT2D eigenvalue weighted by Crippen LogP contribution is -2.38. The molecule has 1 aromatic carbocycles. The number of nitrogens with one attached hydrogen (secondary N) is 2. The molecule has 142 valence electrons. The monoisotopic (exact) mass is 376 g/mol. The summed E-state index contributed by atoms with van der Waals surface area (Å²) in [5.74, 6) is 0.561. The third kappa shape index (κ3) is 4.06. The van der Waals surface area contributed by atoms with Crippen LogP contribution in [0.3, 0.4) is 0 Å². The molecule has 2 N–H and O–H groups in total. The Morgan fingerprint density at radius 2 is 1.79 bits per heavy atom. The van der Waals surface area contributed by atoms with Gasteiger partial charge in [0.25, 0.3) is 11.5 Å². The quantitative estimate of drug-likeness (QED) is 0.724. The largest absolute Gasteiger partial charge is 0.339 e. The second kappa shape index (κ2) is 7.99. The molecule has 1 fully saturated rings. The van der Waals surface area contributed by atoms with Crippen molar-refractivity contribution in [2.45, 2.75) is 18.8 Å². The Morgan fingerprint density at radius 1 is 1.07 bits per heavy atom. The SMILES string of the molecule is O=C(c1cnc(Nc2ccccc2)nc1)N1CCC(c2cc(=O)[nH]cn2)CC1. The molecule has 1 aliphatic rings. The van der Waals surface area contributed by atoms with Crippen LogP contribution >= 0.6 is 0 Å². The number of hydrogen-bond donors (Lipinski definition) is 2. The van der Waals surface area contributed by atoms with Crippen molar-refractivity contribution < 1.29 is 4.79 Å². The van der Waals surface area contributed by atoms with Crippen molar-refractivity contribution in [1.82, 2.24) is 24.8 Å². The van der Waals surface area contributed by atoms with Crippen molar-refractivity contribution in [3.8, 4) is 0 Å². The number of H-pyrrole nitrogens is 1. The molecule has 0 unspecified atom stereocenters. The average molecular weight is 376 g/mol. The number of amides is 1. The van der Waals surface area contributed by atoms with Crippen molar-refractivity contribution in [2.24, 2.45) is 0 Å². The predicted molar refractivity (Wildman–Crippen MR) is 104 cm³/mol. The molecular weight excluding hydrogens is 356 g/mol. The van der Waals surface area contributed by atoms with E-state index in [9.17, 15) is 9.59 Å². The Bertz CT molecular complexity index is 995. The van der Waals surface area contributed by atoms with E-state index in [1.54, 1.807) is 17.3 Å². The number of nitrogens with zero attached hydrogens (tertiary/aromatic N) is 4. The van der Waals surface area contributed by atoms with Gasteiger partial charge in [0, 0.05) is 43.2 Å². The van der Waals surface area contributed by atoms with Crippen LogP contribution in [0, 0.1) is 0 Å². The fourth-order valence-corrected chi connectivity index (χ4v) is 3.32. The number of carbonyl (C=O) groups excluding carboxylic acids is 1. The zero-order chi connectivity index (χ0) is 19.3. The van der Waals surface area contributed by atoms with Gasteiger partial charge in [0.2, 0.25) is 5.95 Å². The van der Waals surface area contributed by atoms with Crippen molar-refractivity contribution >= 4 is 17.5 Å². The molecule has 8 nitrogen and oxygen atoms in total. The standard InChI is InChI=1S/C20H20N6O2/c27-18-10-17(23-13-24-18)14-6-8-26(9-7-14)19(28)15-11-21-20(22-12-15)25-16-4-2-1-3-5-16/h1-5,10-14H,6-9H2,(H,21,22,25)(H,23,24,27). The maximum atomic E-state index is 12.7. The second-order valence-corrected chi connectivity index (χ2v) is 6.69. The van der Waals surface area contributed by atoms with Crippen LogP contribution in [-0.2, 0) is 0 Å². The molecule has 0 spiro atoms. The Morgan fingerprint density at radius 3 is 2.46 bits per heavy atom. The van der Waals surface area contributed by atoms with Gasteiger partial charge in [-0.15, -0.1) is 0 Å². The number of carbonyl (C=O) groups is 1. The van der Waals surface area contributed by atoms with Gasteiger partial charge in [-0.1, -0.05) is 18.2 Å². The Labute approximate surface area is 161 Å². The molecule has 0 atom stereocenters. The highest BCUT2D eigenvalue weighted by atomic mass is 16.2. The van der Waals surface area contributed by atoms with Crippen LogP contribution < -0.4 is 10.9 Å². The van der Waals surface area contributed by atoms with E-state index in [1.807, 2.05) is 30.3 Å². The maximum absolute atomic E-state index is 12.7. The molecule has 3 aromatic rings. The zero-order valence-corrected chi connectivity index (χ0v) is 15.2. The topological polar surface area (TPSA) is 104 Å². The predicted octanol–water partition coefficient (Wildman–Crippen LogP) is 2.32. The minimum atomic E-state index is -0.148. The number of aromatic nitrogens is 4. The lowest BCUT2D eigenvalue weighted by atomic mass is 9.93. The van der Waals surface area contributed by atoms with Crippen molar-refractivity contribution in [3.63, 3.8) is 0 Å². The first kappa shape index (κ1) is 17.8. The molecule has 0 bridgehead atoms. The molecule has 3 heterocycles. The molecular formula is C20H20N6O2. The molecule has 1 aliphatic heterocycles. The highest BCUT2D eigenvalue weighted by molar-refractivity contribution is 5.93. The van der Waals surface area contributed by atoms with Gasteiger partial charge < -0.3 is 15.2 Å². The number of hydrogen-bond acceptors (Lipinski definition) is 6. The summed E-state index contributed by atoms with van der Waals surface area (Å²) in [4.78, 5) is 41.2. The second-order valence-electron chi connectivity index (χ2n) is 6.69. The van der Waals surface area contributed by atoms with Crippen molar-refractivity contribution in [1.29, 1.82) is 0 Å². The smallest absolute Gasteiger partial charge is 0.256 e. The third-order valence-electron chi connectivity index (χ3n) is 4.83. The van der Waals surface area contributed by atoms with Crippen LogP contribution in [-0.4, -0.2) is 43.8 Å². The molecule has 4 rings (SSSR count). The van der Waals surface area contributed by atoms with Crippen LogP contribution in [0.5, 0.6) is 0 Å². The molecule has 1 saturated heterocycles. The molecule has 0 saturated carbocycles. The van der Waals surface area contributed by atoms with E-state index in [0.717, 1.165) is 24.2 Å². The summed E-state index contributed by atoms with van der Waals surface area (Å²) < 4.78 is 0. The number of benzene rings is 1. The van der Waals surface area contributed by atoms with Crippen LogP contribution in [0.2, 0.25) is 0 Å². The van der Waals surface area contributed by atoms with E-state index >= 15 is 0 Å². The number of rotatable bonds is 4. The van der Waals surface area contributed by atoms with E-state index in [0.29, 0.717) is 24.6 Å². The summed E-state index contributed by atoms with van der Waals surface area (Å²) in [6.07, 6.45) is 6.07. The molecule has 8 heteroatoms. The number of anilines is 2. The van der Waals surface area contributed by atoms with E-state index in [2.05, 4.69) is 25.3 Å². The molecule has 1 amide bonds. The lowest BCUT2D eigenvalue weighted by molar-refractivity contribution is 0.0711. The zero-order valence-electron chi connectivity index (χ0n) is 15.2. The summed E-state index contributed by atoms with van der Waals surface area (Å²) in [5.41, 5.74) is 1.99. The molecule has 0 radical (unpaired) electrons.